The van der Waals surface area contributed by atoms with Crippen molar-refractivity contribution in [2.75, 3.05) is 11.9 Å². The fourth-order valence-electron chi connectivity index (χ4n) is 2.57. The third-order valence-electron chi connectivity index (χ3n) is 3.99. The van der Waals surface area contributed by atoms with E-state index in [4.69, 9.17) is 4.74 Å². The maximum atomic E-state index is 12.9. The molecule has 2 unspecified atom stereocenters. The van der Waals surface area contributed by atoms with Crippen molar-refractivity contribution in [2.45, 2.75) is 50.9 Å². The Morgan fingerprint density at radius 3 is 2.76 bits per heavy atom. The second-order valence-corrected chi connectivity index (χ2v) is 6.53. The van der Waals surface area contributed by atoms with Crippen LogP contribution in [0.5, 0.6) is 0 Å². The quantitative estimate of drug-likeness (QED) is 0.791. The molecule has 2 atom stereocenters. The molecule has 1 fully saturated rings. The third-order valence-corrected chi connectivity index (χ3v) is 4.68. The number of anilines is 1. The van der Waals surface area contributed by atoms with E-state index in [0.29, 0.717) is 12.3 Å². The summed E-state index contributed by atoms with van der Waals surface area (Å²) in [5.41, 5.74) is -0.355. The third kappa shape index (κ3) is 4.13. The molecule has 0 bridgehead atoms. The zero-order valence-electron chi connectivity index (χ0n) is 12.1. The van der Waals surface area contributed by atoms with Gasteiger partial charge in [-0.1, -0.05) is 22.9 Å². The van der Waals surface area contributed by atoms with Crippen LogP contribution >= 0.6 is 15.9 Å². The molecule has 1 heterocycles. The van der Waals surface area contributed by atoms with Crippen LogP contribution < -0.4 is 5.32 Å². The smallest absolute Gasteiger partial charge is 0.382 e. The monoisotopic (exact) mass is 365 g/mol. The number of rotatable bonds is 3. The molecule has 0 amide bonds. The van der Waals surface area contributed by atoms with E-state index in [-0.39, 0.29) is 16.1 Å². The Labute approximate surface area is 131 Å². The molecule has 1 saturated heterocycles. The summed E-state index contributed by atoms with van der Waals surface area (Å²) in [6.07, 6.45) is -1.88. The van der Waals surface area contributed by atoms with Gasteiger partial charge in [0.1, 0.15) is 0 Å². The lowest BCUT2D eigenvalue weighted by atomic mass is 9.90. The normalized spacial score (nSPS) is 26.7. The van der Waals surface area contributed by atoms with Crippen molar-refractivity contribution in [1.82, 2.24) is 0 Å². The summed E-state index contributed by atoms with van der Waals surface area (Å²) in [7, 11) is 0. The summed E-state index contributed by atoms with van der Waals surface area (Å²) in [6, 6.07) is 4.38. The highest BCUT2D eigenvalue weighted by Crippen LogP contribution is 2.37. The fraction of sp³-hybridized carbons (Fsp3) is 0.600. The predicted octanol–water partition coefficient (Wildman–Crippen LogP) is 5.23. The molecule has 118 valence electrons. The molecule has 0 saturated carbocycles. The van der Waals surface area contributed by atoms with Gasteiger partial charge in [0.25, 0.3) is 0 Å². The number of nitrogens with one attached hydrogen (secondary N) is 1. The minimum atomic E-state index is -4.36. The van der Waals surface area contributed by atoms with Crippen molar-refractivity contribution in [3.63, 3.8) is 0 Å². The van der Waals surface area contributed by atoms with Gasteiger partial charge in [-0.15, -0.1) is 0 Å². The highest BCUT2D eigenvalue weighted by Gasteiger charge is 2.34. The molecule has 0 aromatic heterocycles. The Morgan fingerprint density at radius 1 is 1.43 bits per heavy atom. The number of alkyl halides is 3. The summed E-state index contributed by atoms with van der Waals surface area (Å²) in [5, 5.41) is 3.21. The number of ether oxygens (including phenoxy) is 1. The van der Waals surface area contributed by atoms with Gasteiger partial charge in [-0.2, -0.15) is 13.2 Å². The van der Waals surface area contributed by atoms with Crippen LogP contribution in [0.2, 0.25) is 0 Å². The molecule has 1 N–H and O–H groups in total. The lowest BCUT2D eigenvalue weighted by Gasteiger charge is -2.38. The molecule has 1 aromatic carbocycles. The van der Waals surface area contributed by atoms with Gasteiger partial charge in [0, 0.05) is 22.8 Å². The van der Waals surface area contributed by atoms with Gasteiger partial charge in [0.2, 0.25) is 0 Å². The zero-order valence-corrected chi connectivity index (χ0v) is 13.6. The maximum Gasteiger partial charge on any atom is 0.417 e. The van der Waals surface area contributed by atoms with Crippen LogP contribution in [-0.2, 0) is 10.9 Å². The average Bonchev–Trinajstić information content (AvgIpc) is 2.40. The first-order valence-electron chi connectivity index (χ1n) is 7.01. The zero-order chi connectivity index (χ0) is 15.7. The van der Waals surface area contributed by atoms with E-state index in [2.05, 4.69) is 28.2 Å². The summed E-state index contributed by atoms with van der Waals surface area (Å²) in [4.78, 5) is 0. The molecule has 21 heavy (non-hydrogen) atoms. The highest BCUT2D eigenvalue weighted by molar-refractivity contribution is 9.10. The van der Waals surface area contributed by atoms with Crippen molar-refractivity contribution in [2.24, 2.45) is 0 Å². The van der Waals surface area contributed by atoms with Crippen LogP contribution in [0.4, 0.5) is 18.9 Å². The van der Waals surface area contributed by atoms with Gasteiger partial charge < -0.3 is 10.1 Å². The van der Waals surface area contributed by atoms with Crippen LogP contribution in [0, 0.1) is 0 Å². The van der Waals surface area contributed by atoms with Crippen LogP contribution in [-0.4, -0.2) is 18.2 Å². The molecule has 1 aliphatic heterocycles. The van der Waals surface area contributed by atoms with E-state index in [0.717, 1.165) is 25.3 Å². The SMILES string of the molecule is CCC1(C)CC(Nc2ccc(Br)c(C(F)(F)F)c2)CCO1. The largest absolute Gasteiger partial charge is 0.417 e. The molecule has 0 aliphatic carbocycles. The molecular weight excluding hydrogens is 347 g/mol. The van der Waals surface area contributed by atoms with Crippen LogP contribution in [0.1, 0.15) is 38.7 Å². The molecule has 2 rings (SSSR count). The minimum Gasteiger partial charge on any atom is -0.382 e. The van der Waals surface area contributed by atoms with E-state index < -0.39 is 11.7 Å². The van der Waals surface area contributed by atoms with Gasteiger partial charge >= 0.3 is 6.18 Å². The summed E-state index contributed by atoms with van der Waals surface area (Å²) < 4.78 is 44.5. The van der Waals surface area contributed by atoms with Crippen molar-refractivity contribution < 1.29 is 17.9 Å². The first-order chi connectivity index (χ1) is 9.73. The standard InChI is InChI=1S/C15H19BrF3NO/c1-3-14(2)9-11(6-7-21-14)20-10-4-5-13(16)12(8-10)15(17,18)19/h4-5,8,11,20H,3,6-7,9H2,1-2H3. The lowest BCUT2D eigenvalue weighted by Crippen LogP contribution is -2.41. The highest BCUT2D eigenvalue weighted by atomic mass is 79.9. The van der Waals surface area contributed by atoms with Crippen LogP contribution in [0.25, 0.3) is 0 Å². The van der Waals surface area contributed by atoms with Gasteiger partial charge in [-0.3, -0.25) is 0 Å². The second-order valence-electron chi connectivity index (χ2n) is 5.68. The molecule has 1 aromatic rings. The predicted molar refractivity (Wildman–Crippen MR) is 80.4 cm³/mol. The first kappa shape index (κ1) is 16.6. The molecular formula is C15H19BrF3NO. The number of hydrogen-bond acceptors (Lipinski definition) is 2. The summed E-state index contributed by atoms with van der Waals surface area (Å²) in [5.74, 6) is 0. The first-order valence-corrected chi connectivity index (χ1v) is 7.80. The molecule has 0 radical (unpaired) electrons. The summed E-state index contributed by atoms with van der Waals surface area (Å²) >= 11 is 2.95. The number of benzene rings is 1. The molecule has 6 heteroatoms. The minimum absolute atomic E-state index is 0.0610. The number of hydrogen-bond donors (Lipinski definition) is 1. The molecule has 0 spiro atoms. The average molecular weight is 366 g/mol. The molecule has 1 aliphatic rings. The number of halogens is 4. The van der Waals surface area contributed by atoms with E-state index in [1.165, 1.54) is 6.07 Å². The van der Waals surface area contributed by atoms with E-state index in [1.807, 2.05) is 6.92 Å². The van der Waals surface area contributed by atoms with E-state index in [9.17, 15) is 13.2 Å². The Balaban J connectivity index is 2.13. The molecule has 2 nitrogen and oxygen atoms in total. The Bertz CT molecular complexity index is 506. The lowest BCUT2D eigenvalue weighted by molar-refractivity contribution is -0.138. The van der Waals surface area contributed by atoms with Gasteiger partial charge in [-0.05, 0) is 44.4 Å². The van der Waals surface area contributed by atoms with Gasteiger partial charge in [0.15, 0.2) is 0 Å². The van der Waals surface area contributed by atoms with E-state index >= 15 is 0 Å². The maximum absolute atomic E-state index is 12.9. The van der Waals surface area contributed by atoms with Crippen molar-refractivity contribution >= 4 is 21.6 Å². The van der Waals surface area contributed by atoms with E-state index in [1.54, 1.807) is 6.07 Å². The second kappa shape index (κ2) is 6.16. The van der Waals surface area contributed by atoms with Crippen molar-refractivity contribution in [3.05, 3.63) is 28.2 Å². The van der Waals surface area contributed by atoms with Crippen molar-refractivity contribution in [1.29, 1.82) is 0 Å². The Hall–Kier alpha value is -0.750. The Kier molecular flexibility index (Phi) is 4.88. The van der Waals surface area contributed by atoms with Crippen molar-refractivity contribution in [3.8, 4) is 0 Å². The van der Waals surface area contributed by atoms with Crippen LogP contribution in [0.3, 0.4) is 0 Å². The van der Waals surface area contributed by atoms with Gasteiger partial charge in [-0.25, -0.2) is 0 Å². The Morgan fingerprint density at radius 2 is 2.14 bits per heavy atom. The topological polar surface area (TPSA) is 21.3 Å². The van der Waals surface area contributed by atoms with Crippen LogP contribution in [0.15, 0.2) is 22.7 Å². The van der Waals surface area contributed by atoms with Gasteiger partial charge in [0.05, 0.1) is 11.2 Å². The summed E-state index contributed by atoms with van der Waals surface area (Å²) in [6.45, 7) is 4.73. The fourth-order valence-corrected chi connectivity index (χ4v) is 3.04.